The Morgan fingerprint density at radius 3 is 2.65 bits per heavy atom. The molecule has 0 atom stereocenters. The first-order valence-corrected chi connectivity index (χ1v) is 8.68. The van der Waals surface area contributed by atoms with Gasteiger partial charge in [-0.3, -0.25) is 9.59 Å². The van der Waals surface area contributed by atoms with Crippen molar-refractivity contribution in [3.63, 3.8) is 0 Å². The van der Waals surface area contributed by atoms with Crippen LogP contribution in [0.2, 0.25) is 0 Å². The van der Waals surface area contributed by atoms with E-state index in [-0.39, 0.29) is 29.1 Å². The standard InChI is InChI=1S/C17H17F3N2O3S/c1-2-3-4-7-22(13(23)5-6-14(24)25)9-12-21-16-15(20)10(18)8-11(19)17(16)26-12/h2-3,8H,4-7,9H2,1H3,(H,24,25). The molecule has 0 radical (unpaired) electrons. The van der Waals surface area contributed by atoms with Crippen molar-refractivity contribution in [1.82, 2.24) is 9.88 Å². The van der Waals surface area contributed by atoms with Gasteiger partial charge >= 0.3 is 5.97 Å². The van der Waals surface area contributed by atoms with E-state index >= 15 is 0 Å². The molecule has 1 N–H and O–H groups in total. The van der Waals surface area contributed by atoms with Gasteiger partial charge in [-0.15, -0.1) is 11.3 Å². The molecule has 0 aliphatic carbocycles. The van der Waals surface area contributed by atoms with Gasteiger partial charge in [0.15, 0.2) is 11.6 Å². The Balaban J connectivity index is 2.24. The summed E-state index contributed by atoms with van der Waals surface area (Å²) in [6, 6.07) is 0.460. The van der Waals surface area contributed by atoms with Gasteiger partial charge in [0, 0.05) is 19.0 Å². The summed E-state index contributed by atoms with van der Waals surface area (Å²) in [6.07, 6.45) is 3.69. The van der Waals surface area contributed by atoms with E-state index in [0.717, 1.165) is 11.3 Å². The maximum atomic E-state index is 13.8. The lowest BCUT2D eigenvalue weighted by molar-refractivity contribution is -0.141. The lowest BCUT2D eigenvalue weighted by Crippen LogP contribution is -2.31. The number of allylic oxidation sites excluding steroid dienone is 1. The predicted octanol–water partition coefficient (Wildman–Crippen LogP) is 3.87. The minimum atomic E-state index is -1.32. The van der Waals surface area contributed by atoms with E-state index in [9.17, 15) is 22.8 Å². The van der Waals surface area contributed by atoms with Gasteiger partial charge in [-0.05, 0) is 13.3 Å². The van der Waals surface area contributed by atoms with E-state index in [0.29, 0.717) is 19.0 Å². The average molecular weight is 386 g/mol. The fraction of sp³-hybridized carbons (Fsp3) is 0.353. The van der Waals surface area contributed by atoms with Crippen LogP contribution in [0.5, 0.6) is 0 Å². The molecule has 1 amide bonds. The normalized spacial score (nSPS) is 11.4. The van der Waals surface area contributed by atoms with Crippen LogP contribution >= 0.6 is 11.3 Å². The lowest BCUT2D eigenvalue weighted by atomic mass is 10.2. The molecule has 0 unspecified atom stereocenters. The number of carbonyl (C=O) groups excluding carboxylic acids is 1. The smallest absolute Gasteiger partial charge is 0.303 e. The SMILES string of the molecule is CC=CCCN(Cc1nc2c(F)c(F)cc(F)c2s1)C(=O)CCC(=O)O. The van der Waals surface area contributed by atoms with Crippen molar-refractivity contribution in [3.05, 3.63) is 40.7 Å². The fourth-order valence-electron chi connectivity index (χ4n) is 2.32. The molecule has 2 rings (SSSR count). The zero-order chi connectivity index (χ0) is 19.3. The molecular formula is C17H17F3N2O3S. The first-order valence-electron chi connectivity index (χ1n) is 7.87. The third-order valence-corrected chi connectivity index (χ3v) is 4.64. The number of hydrogen-bond acceptors (Lipinski definition) is 4. The third-order valence-electron chi connectivity index (χ3n) is 3.59. The molecule has 0 saturated carbocycles. The number of aliphatic carboxylic acids is 1. The van der Waals surface area contributed by atoms with Gasteiger partial charge in [-0.1, -0.05) is 12.2 Å². The summed E-state index contributed by atoms with van der Waals surface area (Å²) >= 11 is 0.835. The maximum Gasteiger partial charge on any atom is 0.303 e. The molecule has 0 bridgehead atoms. The van der Waals surface area contributed by atoms with Gasteiger partial charge in [0.2, 0.25) is 5.91 Å². The monoisotopic (exact) mass is 386 g/mol. The number of fused-ring (bicyclic) bond motifs is 1. The Hall–Kier alpha value is -2.42. The zero-order valence-corrected chi connectivity index (χ0v) is 14.8. The first-order chi connectivity index (χ1) is 12.3. The average Bonchev–Trinajstić information content (AvgIpc) is 3.01. The molecule has 26 heavy (non-hydrogen) atoms. The van der Waals surface area contributed by atoms with E-state index in [2.05, 4.69) is 4.98 Å². The largest absolute Gasteiger partial charge is 0.481 e. The predicted molar refractivity (Wildman–Crippen MR) is 91.2 cm³/mol. The molecule has 9 heteroatoms. The number of rotatable bonds is 8. The van der Waals surface area contributed by atoms with E-state index in [1.807, 2.05) is 19.1 Å². The number of thiazole rings is 1. The van der Waals surface area contributed by atoms with Crippen LogP contribution in [0.1, 0.15) is 31.2 Å². The van der Waals surface area contributed by atoms with Crippen LogP contribution in [0.15, 0.2) is 18.2 Å². The van der Waals surface area contributed by atoms with Crippen molar-refractivity contribution in [2.45, 2.75) is 32.7 Å². The molecular weight excluding hydrogens is 369 g/mol. The minimum absolute atomic E-state index is 0.0319. The molecule has 0 spiro atoms. The number of hydrogen-bond donors (Lipinski definition) is 1. The van der Waals surface area contributed by atoms with E-state index < -0.39 is 34.8 Å². The Bertz CT molecular complexity index is 851. The Kier molecular flexibility index (Phi) is 6.73. The number of carboxylic acids is 1. The second kappa shape index (κ2) is 8.79. The molecule has 0 saturated heterocycles. The molecule has 0 aliphatic heterocycles. The zero-order valence-electron chi connectivity index (χ0n) is 14.0. The van der Waals surface area contributed by atoms with Gasteiger partial charge in [0.05, 0.1) is 17.7 Å². The van der Waals surface area contributed by atoms with Gasteiger partial charge in [0.25, 0.3) is 0 Å². The second-order valence-electron chi connectivity index (χ2n) is 5.51. The van der Waals surface area contributed by atoms with E-state index in [1.165, 1.54) is 4.90 Å². The number of carbonyl (C=O) groups is 2. The van der Waals surface area contributed by atoms with Crippen LogP contribution in [0, 0.1) is 17.5 Å². The number of nitrogens with zero attached hydrogens (tertiary/aromatic N) is 2. The van der Waals surface area contributed by atoms with Crippen molar-refractivity contribution in [2.24, 2.45) is 0 Å². The van der Waals surface area contributed by atoms with Crippen molar-refractivity contribution in [2.75, 3.05) is 6.54 Å². The molecule has 5 nitrogen and oxygen atoms in total. The summed E-state index contributed by atoms with van der Waals surface area (Å²) < 4.78 is 40.8. The number of halogens is 3. The summed E-state index contributed by atoms with van der Waals surface area (Å²) in [5.74, 6) is -4.97. The number of benzene rings is 1. The van der Waals surface area contributed by atoms with Crippen LogP contribution in [0.3, 0.4) is 0 Å². The summed E-state index contributed by atoms with van der Waals surface area (Å²) in [5, 5.41) is 8.96. The lowest BCUT2D eigenvalue weighted by Gasteiger charge is -2.20. The third kappa shape index (κ3) is 4.81. The number of aromatic nitrogens is 1. The molecule has 0 aliphatic rings. The topological polar surface area (TPSA) is 70.5 Å². The fourth-order valence-corrected chi connectivity index (χ4v) is 3.30. The van der Waals surface area contributed by atoms with Gasteiger partial charge in [0.1, 0.15) is 16.3 Å². The van der Waals surface area contributed by atoms with Crippen molar-refractivity contribution < 1.29 is 27.9 Å². The minimum Gasteiger partial charge on any atom is -0.481 e. The van der Waals surface area contributed by atoms with Crippen LogP contribution in [-0.4, -0.2) is 33.4 Å². The molecule has 140 valence electrons. The van der Waals surface area contributed by atoms with E-state index in [4.69, 9.17) is 5.11 Å². The highest BCUT2D eigenvalue weighted by atomic mass is 32.1. The summed E-state index contributed by atoms with van der Waals surface area (Å²) in [5.41, 5.74) is -0.408. The van der Waals surface area contributed by atoms with Gasteiger partial charge < -0.3 is 10.0 Å². The number of amides is 1. The first kappa shape index (κ1) is 19.9. The summed E-state index contributed by atoms with van der Waals surface area (Å²) in [7, 11) is 0. The van der Waals surface area contributed by atoms with Crippen LogP contribution in [0.25, 0.3) is 10.2 Å². The Morgan fingerprint density at radius 2 is 2.00 bits per heavy atom. The molecule has 1 heterocycles. The second-order valence-corrected chi connectivity index (χ2v) is 6.59. The van der Waals surface area contributed by atoms with Gasteiger partial charge in [-0.25, -0.2) is 18.2 Å². The van der Waals surface area contributed by atoms with Crippen LogP contribution < -0.4 is 0 Å². The highest BCUT2D eigenvalue weighted by Crippen LogP contribution is 2.29. The molecule has 1 aromatic heterocycles. The van der Waals surface area contributed by atoms with E-state index in [1.54, 1.807) is 0 Å². The molecule has 2 aromatic rings. The molecule has 0 fully saturated rings. The van der Waals surface area contributed by atoms with Crippen LogP contribution in [-0.2, 0) is 16.1 Å². The molecule has 1 aromatic carbocycles. The highest BCUT2D eigenvalue weighted by Gasteiger charge is 2.20. The van der Waals surface area contributed by atoms with Crippen molar-refractivity contribution in [1.29, 1.82) is 0 Å². The Labute approximate surface area is 151 Å². The van der Waals surface area contributed by atoms with Gasteiger partial charge in [-0.2, -0.15) is 0 Å². The highest BCUT2D eigenvalue weighted by molar-refractivity contribution is 7.18. The number of carboxylic acid groups (broad SMARTS) is 1. The maximum absolute atomic E-state index is 13.8. The Morgan fingerprint density at radius 1 is 1.27 bits per heavy atom. The van der Waals surface area contributed by atoms with Crippen molar-refractivity contribution in [3.8, 4) is 0 Å². The summed E-state index contributed by atoms with van der Waals surface area (Å²) in [4.78, 5) is 28.2. The van der Waals surface area contributed by atoms with Crippen LogP contribution in [0.4, 0.5) is 13.2 Å². The van der Waals surface area contributed by atoms with Crippen molar-refractivity contribution >= 4 is 33.4 Å². The quantitative estimate of drug-likeness (QED) is 0.552. The summed E-state index contributed by atoms with van der Waals surface area (Å²) in [6.45, 7) is 2.10.